The molecule has 0 aromatic carbocycles. The number of hydrogen-bond donors (Lipinski definition) is 2. The molecule has 0 heterocycles. The van der Waals surface area contributed by atoms with Crippen LogP contribution < -0.4 is 10.6 Å². The zero-order valence-electron chi connectivity index (χ0n) is 10.8. The monoisotopic (exact) mass is 226 g/mol. The Hall–Kier alpha value is -0.570. The highest BCUT2D eigenvalue weighted by atomic mass is 16.1. The van der Waals surface area contributed by atoms with Crippen molar-refractivity contribution < 1.29 is 4.79 Å². The van der Waals surface area contributed by atoms with Crippen LogP contribution in [0.3, 0.4) is 0 Å². The lowest BCUT2D eigenvalue weighted by Crippen LogP contribution is -2.47. The van der Waals surface area contributed by atoms with Gasteiger partial charge in [0.15, 0.2) is 0 Å². The highest BCUT2D eigenvalue weighted by Gasteiger charge is 2.36. The molecule has 0 spiro atoms. The van der Waals surface area contributed by atoms with Crippen molar-refractivity contribution in [2.24, 2.45) is 5.41 Å². The number of amides is 1. The van der Waals surface area contributed by atoms with E-state index in [4.69, 9.17) is 0 Å². The molecule has 94 valence electrons. The fraction of sp³-hybridized carbons (Fsp3) is 0.923. The molecule has 3 nitrogen and oxygen atoms in total. The molecule has 16 heavy (non-hydrogen) atoms. The molecule has 0 unspecified atom stereocenters. The quantitative estimate of drug-likeness (QED) is 0.622. The van der Waals surface area contributed by atoms with E-state index in [1.165, 1.54) is 25.7 Å². The van der Waals surface area contributed by atoms with Crippen LogP contribution in [0.15, 0.2) is 0 Å². The highest BCUT2D eigenvalue weighted by Crippen LogP contribution is 2.39. The summed E-state index contributed by atoms with van der Waals surface area (Å²) in [6, 6.07) is 0. The summed E-state index contributed by atoms with van der Waals surface area (Å²) in [6.07, 6.45) is 7.89. The highest BCUT2D eigenvalue weighted by molar-refractivity contribution is 5.75. The summed E-state index contributed by atoms with van der Waals surface area (Å²) in [5, 5.41) is 6.33. The van der Waals surface area contributed by atoms with Gasteiger partial charge in [0.05, 0.1) is 0 Å². The summed E-state index contributed by atoms with van der Waals surface area (Å²) in [6.45, 7) is 4.05. The Morgan fingerprint density at radius 1 is 1.25 bits per heavy atom. The fourth-order valence-corrected chi connectivity index (χ4v) is 2.38. The first kappa shape index (κ1) is 13.5. The number of carbonyl (C=O) groups excluding carboxylic acids is 1. The molecule has 0 radical (unpaired) electrons. The van der Waals surface area contributed by atoms with Gasteiger partial charge in [0.2, 0.25) is 5.91 Å². The van der Waals surface area contributed by atoms with Crippen molar-refractivity contribution in [3.8, 4) is 0 Å². The van der Waals surface area contributed by atoms with Crippen molar-refractivity contribution in [2.45, 2.75) is 51.9 Å². The number of hydrogen-bond acceptors (Lipinski definition) is 2. The Balaban J connectivity index is 2.14. The summed E-state index contributed by atoms with van der Waals surface area (Å²) in [4.78, 5) is 11.6. The van der Waals surface area contributed by atoms with E-state index >= 15 is 0 Å². The molecule has 1 saturated carbocycles. The molecule has 0 saturated heterocycles. The van der Waals surface area contributed by atoms with Crippen LogP contribution in [0.1, 0.15) is 51.9 Å². The van der Waals surface area contributed by atoms with Crippen molar-refractivity contribution >= 4 is 5.91 Å². The predicted octanol–water partition coefficient (Wildman–Crippen LogP) is 2.07. The van der Waals surface area contributed by atoms with Gasteiger partial charge in [-0.15, -0.1) is 0 Å². The maximum atomic E-state index is 11.6. The van der Waals surface area contributed by atoms with Crippen LogP contribution in [0.5, 0.6) is 0 Å². The average molecular weight is 226 g/mol. The third-order valence-corrected chi connectivity index (χ3v) is 3.63. The van der Waals surface area contributed by atoms with Gasteiger partial charge in [-0.25, -0.2) is 0 Å². The van der Waals surface area contributed by atoms with Crippen LogP contribution in [-0.4, -0.2) is 26.0 Å². The summed E-state index contributed by atoms with van der Waals surface area (Å²) in [5.41, 5.74) is 0.356. The Labute approximate surface area is 99.4 Å². The third kappa shape index (κ3) is 4.12. The van der Waals surface area contributed by atoms with Crippen LogP contribution in [0.4, 0.5) is 0 Å². The first-order valence-electron chi connectivity index (χ1n) is 6.64. The first-order valence-corrected chi connectivity index (χ1v) is 6.64. The van der Waals surface area contributed by atoms with Crippen LogP contribution in [0.2, 0.25) is 0 Å². The van der Waals surface area contributed by atoms with Crippen molar-refractivity contribution in [2.75, 3.05) is 20.1 Å². The van der Waals surface area contributed by atoms with Crippen LogP contribution in [0, 0.1) is 5.41 Å². The SMILES string of the molecule is CCCCCC(=O)NCC1(CNC)CCC1. The second-order valence-corrected chi connectivity index (χ2v) is 5.12. The molecule has 0 bridgehead atoms. The lowest BCUT2D eigenvalue weighted by molar-refractivity contribution is -0.122. The number of nitrogens with one attached hydrogen (secondary N) is 2. The van der Waals surface area contributed by atoms with E-state index < -0.39 is 0 Å². The summed E-state index contributed by atoms with van der Waals surface area (Å²) in [5.74, 6) is 0.232. The Bertz CT molecular complexity index is 212. The van der Waals surface area contributed by atoms with Crippen molar-refractivity contribution in [1.29, 1.82) is 0 Å². The van der Waals surface area contributed by atoms with Crippen LogP contribution >= 0.6 is 0 Å². The van der Waals surface area contributed by atoms with E-state index in [1.807, 2.05) is 7.05 Å². The van der Waals surface area contributed by atoms with Crippen LogP contribution in [0.25, 0.3) is 0 Å². The molecule has 1 fully saturated rings. The van der Waals surface area contributed by atoms with E-state index in [-0.39, 0.29) is 5.91 Å². The smallest absolute Gasteiger partial charge is 0.220 e. The van der Waals surface area contributed by atoms with Gasteiger partial charge in [0, 0.05) is 24.9 Å². The normalized spacial score (nSPS) is 17.9. The van der Waals surface area contributed by atoms with Gasteiger partial charge < -0.3 is 10.6 Å². The molecule has 1 aliphatic carbocycles. The number of rotatable bonds is 8. The minimum absolute atomic E-state index is 0.232. The van der Waals surface area contributed by atoms with Gasteiger partial charge in [-0.05, 0) is 26.3 Å². The standard InChI is InChI=1S/C13H26N2O/c1-3-4-5-7-12(16)15-11-13(10-14-2)8-6-9-13/h14H,3-11H2,1-2H3,(H,15,16). The van der Waals surface area contributed by atoms with Gasteiger partial charge in [-0.2, -0.15) is 0 Å². The molecule has 3 heteroatoms. The topological polar surface area (TPSA) is 41.1 Å². The predicted molar refractivity (Wildman–Crippen MR) is 67.4 cm³/mol. The van der Waals surface area contributed by atoms with Gasteiger partial charge in [-0.1, -0.05) is 26.2 Å². The Morgan fingerprint density at radius 3 is 2.50 bits per heavy atom. The lowest BCUT2D eigenvalue weighted by Gasteiger charge is -2.42. The van der Waals surface area contributed by atoms with E-state index in [0.29, 0.717) is 11.8 Å². The molecule has 0 atom stereocenters. The molecule has 0 aromatic rings. The minimum Gasteiger partial charge on any atom is -0.355 e. The Kier molecular flexibility index (Phi) is 5.81. The molecule has 0 aliphatic heterocycles. The second-order valence-electron chi connectivity index (χ2n) is 5.12. The zero-order valence-corrected chi connectivity index (χ0v) is 10.8. The third-order valence-electron chi connectivity index (χ3n) is 3.63. The molecule has 0 aromatic heterocycles. The van der Waals surface area contributed by atoms with E-state index in [1.54, 1.807) is 0 Å². The zero-order chi connectivity index (χ0) is 11.9. The van der Waals surface area contributed by atoms with E-state index in [0.717, 1.165) is 25.9 Å². The summed E-state index contributed by atoms with van der Waals surface area (Å²) >= 11 is 0. The van der Waals surface area contributed by atoms with Gasteiger partial charge in [0.25, 0.3) is 0 Å². The fourth-order valence-electron chi connectivity index (χ4n) is 2.38. The molecule has 1 amide bonds. The van der Waals surface area contributed by atoms with Crippen LogP contribution in [-0.2, 0) is 4.79 Å². The average Bonchev–Trinajstić information content (AvgIpc) is 2.22. The first-order chi connectivity index (χ1) is 7.72. The molecule has 2 N–H and O–H groups in total. The van der Waals surface area contributed by atoms with E-state index in [9.17, 15) is 4.79 Å². The maximum Gasteiger partial charge on any atom is 0.220 e. The molecule has 1 rings (SSSR count). The van der Waals surface area contributed by atoms with Crippen molar-refractivity contribution in [1.82, 2.24) is 10.6 Å². The largest absolute Gasteiger partial charge is 0.355 e. The number of unbranched alkanes of at least 4 members (excludes halogenated alkanes) is 2. The van der Waals surface area contributed by atoms with Gasteiger partial charge in [-0.3, -0.25) is 4.79 Å². The lowest BCUT2D eigenvalue weighted by atomic mass is 9.68. The summed E-state index contributed by atoms with van der Waals surface area (Å²) in [7, 11) is 1.99. The van der Waals surface area contributed by atoms with Gasteiger partial charge in [0.1, 0.15) is 0 Å². The van der Waals surface area contributed by atoms with E-state index in [2.05, 4.69) is 17.6 Å². The maximum absolute atomic E-state index is 11.6. The molecular weight excluding hydrogens is 200 g/mol. The molecule has 1 aliphatic rings. The number of carbonyl (C=O) groups is 1. The van der Waals surface area contributed by atoms with Crippen molar-refractivity contribution in [3.05, 3.63) is 0 Å². The van der Waals surface area contributed by atoms with Gasteiger partial charge >= 0.3 is 0 Å². The van der Waals surface area contributed by atoms with Crippen molar-refractivity contribution in [3.63, 3.8) is 0 Å². The minimum atomic E-state index is 0.232. The Morgan fingerprint density at radius 2 is 2.00 bits per heavy atom. The summed E-state index contributed by atoms with van der Waals surface area (Å²) < 4.78 is 0. The molecular formula is C13H26N2O. The second kappa shape index (κ2) is 6.89.